The lowest BCUT2D eigenvalue weighted by Crippen LogP contribution is -2.31. The molecule has 1 aromatic rings. The van der Waals surface area contributed by atoms with Crippen molar-refractivity contribution in [3.05, 3.63) is 23.8 Å². The Balaban J connectivity index is 2.52. The molecular formula is C11H17BO5S. The topological polar surface area (TPSA) is 83.8 Å². The number of rotatable bonds is 6. The van der Waals surface area contributed by atoms with Crippen LogP contribution in [0.3, 0.4) is 0 Å². The highest BCUT2D eigenvalue weighted by molar-refractivity contribution is 7.90. The molecule has 0 radical (unpaired) electrons. The molecule has 0 aliphatic rings. The van der Waals surface area contributed by atoms with Crippen LogP contribution in [0.15, 0.2) is 18.2 Å². The van der Waals surface area contributed by atoms with E-state index in [4.69, 9.17) is 14.8 Å². The number of hydrogen-bond donors (Lipinski definition) is 2. The van der Waals surface area contributed by atoms with Gasteiger partial charge in [0.1, 0.15) is 15.6 Å². The molecule has 2 N–H and O–H groups in total. The van der Waals surface area contributed by atoms with Crippen LogP contribution in [-0.4, -0.2) is 44.2 Å². The van der Waals surface area contributed by atoms with Gasteiger partial charge in [-0.1, -0.05) is 6.07 Å². The summed E-state index contributed by atoms with van der Waals surface area (Å²) in [5.41, 5.74) is 1.14. The summed E-state index contributed by atoms with van der Waals surface area (Å²) >= 11 is 0. The molecule has 1 aromatic carbocycles. The van der Waals surface area contributed by atoms with Crippen molar-refractivity contribution in [3.8, 4) is 5.75 Å². The molecule has 0 saturated heterocycles. The summed E-state index contributed by atoms with van der Waals surface area (Å²) in [5.74, 6) is 0.685. The highest BCUT2D eigenvalue weighted by Crippen LogP contribution is 2.11. The molecule has 0 fully saturated rings. The lowest BCUT2D eigenvalue weighted by molar-refractivity contribution is 0.317. The fourth-order valence-corrected chi connectivity index (χ4v) is 2.18. The fraction of sp³-hybridized carbons (Fsp3) is 0.455. The molecule has 0 amide bonds. The summed E-state index contributed by atoms with van der Waals surface area (Å²) in [4.78, 5) is 0. The van der Waals surface area contributed by atoms with Gasteiger partial charge in [-0.05, 0) is 36.5 Å². The van der Waals surface area contributed by atoms with Gasteiger partial charge in [-0.25, -0.2) is 8.42 Å². The van der Waals surface area contributed by atoms with E-state index in [0.29, 0.717) is 29.8 Å². The zero-order valence-electron chi connectivity index (χ0n) is 10.5. The number of ether oxygens (including phenoxy) is 1. The van der Waals surface area contributed by atoms with Gasteiger partial charge in [0.25, 0.3) is 0 Å². The number of benzene rings is 1. The van der Waals surface area contributed by atoms with Crippen LogP contribution in [0.25, 0.3) is 0 Å². The molecule has 1 rings (SSSR count). The smallest absolute Gasteiger partial charge is 0.488 e. The fourth-order valence-electron chi connectivity index (χ4n) is 1.54. The van der Waals surface area contributed by atoms with Gasteiger partial charge in [0.05, 0.1) is 12.4 Å². The van der Waals surface area contributed by atoms with Crippen LogP contribution in [0.5, 0.6) is 5.75 Å². The van der Waals surface area contributed by atoms with Gasteiger partial charge in [-0.3, -0.25) is 0 Å². The van der Waals surface area contributed by atoms with E-state index in [0.717, 1.165) is 0 Å². The first-order chi connectivity index (χ1) is 8.29. The molecule has 0 heterocycles. The summed E-state index contributed by atoms with van der Waals surface area (Å²) in [6.07, 6.45) is 1.62. The Hall–Kier alpha value is -1.05. The lowest BCUT2D eigenvalue weighted by Gasteiger charge is -2.09. The summed E-state index contributed by atoms with van der Waals surface area (Å²) in [6, 6.07) is 4.89. The second-order valence-corrected chi connectivity index (χ2v) is 6.48. The predicted molar refractivity (Wildman–Crippen MR) is 70.8 cm³/mol. The Bertz CT molecular complexity index is 498. The van der Waals surface area contributed by atoms with Crippen LogP contribution < -0.4 is 10.2 Å². The van der Waals surface area contributed by atoms with E-state index in [2.05, 4.69) is 0 Å². The van der Waals surface area contributed by atoms with Crippen molar-refractivity contribution in [1.82, 2.24) is 0 Å². The second-order valence-electron chi connectivity index (χ2n) is 4.22. The first kappa shape index (κ1) is 15.0. The van der Waals surface area contributed by atoms with Crippen molar-refractivity contribution in [2.24, 2.45) is 0 Å². The van der Waals surface area contributed by atoms with Gasteiger partial charge in [0.15, 0.2) is 0 Å². The van der Waals surface area contributed by atoms with Crippen molar-refractivity contribution in [3.63, 3.8) is 0 Å². The highest BCUT2D eigenvalue weighted by Gasteiger charge is 2.13. The maximum Gasteiger partial charge on any atom is 0.488 e. The first-order valence-electron chi connectivity index (χ1n) is 5.57. The van der Waals surface area contributed by atoms with E-state index in [-0.39, 0.29) is 5.75 Å². The molecule has 0 atom stereocenters. The van der Waals surface area contributed by atoms with Crippen LogP contribution in [0, 0.1) is 6.92 Å². The zero-order chi connectivity index (χ0) is 13.8. The van der Waals surface area contributed by atoms with Crippen LogP contribution in [0.4, 0.5) is 0 Å². The van der Waals surface area contributed by atoms with E-state index >= 15 is 0 Å². The molecule has 5 nitrogen and oxygen atoms in total. The minimum atomic E-state index is -2.95. The zero-order valence-corrected chi connectivity index (χ0v) is 11.3. The van der Waals surface area contributed by atoms with Crippen molar-refractivity contribution >= 4 is 22.4 Å². The van der Waals surface area contributed by atoms with E-state index in [1.54, 1.807) is 25.1 Å². The maximum absolute atomic E-state index is 10.9. The molecule has 0 bridgehead atoms. The molecule has 0 aliphatic carbocycles. The summed E-state index contributed by atoms with van der Waals surface area (Å²) in [6.45, 7) is 2.06. The van der Waals surface area contributed by atoms with E-state index in [1.165, 1.54) is 6.26 Å². The molecule has 0 saturated carbocycles. The van der Waals surface area contributed by atoms with Gasteiger partial charge in [-0.2, -0.15) is 0 Å². The van der Waals surface area contributed by atoms with Crippen LogP contribution >= 0.6 is 0 Å². The average Bonchev–Trinajstić information content (AvgIpc) is 2.22. The Morgan fingerprint density at radius 3 is 2.50 bits per heavy atom. The Morgan fingerprint density at radius 1 is 1.33 bits per heavy atom. The van der Waals surface area contributed by atoms with E-state index in [9.17, 15) is 8.42 Å². The van der Waals surface area contributed by atoms with Crippen LogP contribution in [-0.2, 0) is 9.84 Å². The standard InChI is InChI=1S/C11H17BO5S/c1-9-8-10(4-5-11(9)12(13)14)17-6-3-7-18(2,15)16/h4-5,8,13-14H,3,6-7H2,1-2H3. The summed E-state index contributed by atoms with van der Waals surface area (Å²) < 4.78 is 27.2. The third-order valence-electron chi connectivity index (χ3n) is 2.45. The molecule has 0 unspecified atom stereocenters. The molecule has 0 spiro atoms. The molecule has 18 heavy (non-hydrogen) atoms. The van der Waals surface area contributed by atoms with Crippen molar-refractivity contribution < 1.29 is 23.2 Å². The normalized spacial score (nSPS) is 11.3. The van der Waals surface area contributed by atoms with E-state index < -0.39 is 17.0 Å². The van der Waals surface area contributed by atoms with E-state index in [1.807, 2.05) is 0 Å². The number of sulfone groups is 1. The number of hydrogen-bond acceptors (Lipinski definition) is 5. The largest absolute Gasteiger partial charge is 0.494 e. The van der Waals surface area contributed by atoms with Gasteiger partial charge in [-0.15, -0.1) is 0 Å². The maximum atomic E-state index is 10.9. The van der Waals surface area contributed by atoms with Crippen molar-refractivity contribution in [2.45, 2.75) is 13.3 Å². The van der Waals surface area contributed by atoms with Crippen molar-refractivity contribution in [1.29, 1.82) is 0 Å². The third-order valence-corrected chi connectivity index (χ3v) is 3.48. The number of aryl methyl sites for hydroxylation is 1. The molecule has 7 heteroatoms. The summed E-state index contributed by atoms with van der Waals surface area (Å²) in [7, 11) is -4.45. The Morgan fingerprint density at radius 2 is 2.00 bits per heavy atom. The second kappa shape index (κ2) is 6.22. The molecular weight excluding hydrogens is 255 g/mol. The third kappa shape index (κ3) is 5.08. The molecule has 100 valence electrons. The lowest BCUT2D eigenvalue weighted by atomic mass is 9.77. The Kier molecular flexibility index (Phi) is 5.19. The summed E-state index contributed by atoms with van der Waals surface area (Å²) in [5, 5.41) is 18.1. The van der Waals surface area contributed by atoms with Gasteiger partial charge in [0.2, 0.25) is 0 Å². The van der Waals surface area contributed by atoms with Gasteiger partial charge >= 0.3 is 7.12 Å². The molecule has 0 aromatic heterocycles. The Labute approximate surface area is 107 Å². The van der Waals surface area contributed by atoms with Crippen LogP contribution in [0.1, 0.15) is 12.0 Å². The first-order valence-corrected chi connectivity index (χ1v) is 7.63. The van der Waals surface area contributed by atoms with Crippen molar-refractivity contribution in [2.75, 3.05) is 18.6 Å². The quantitative estimate of drug-likeness (QED) is 0.538. The van der Waals surface area contributed by atoms with Gasteiger partial charge in [0, 0.05) is 6.26 Å². The minimum Gasteiger partial charge on any atom is -0.494 e. The highest BCUT2D eigenvalue weighted by atomic mass is 32.2. The monoisotopic (exact) mass is 272 g/mol. The predicted octanol–water partition coefficient (Wildman–Crippen LogP) is -0.512. The van der Waals surface area contributed by atoms with Crippen LogP contribution in [0.2, 0.25) is 0 Å². The average molecular weight is 272 g/mol. The molecule has 0 aliphatic heterocycles. The van der Waals surface area contributed by atoms with Gasteiger partial charge < -0.3 is 14.8 Å². The SMILES string of the molecule is Cc1cc(OCCCS(C)(=O)=O)ccc1B(O)O. The minimum absolute atomic E-state index is 0.0966.